The van der Waals surface area contributed by atoms with Crippen LogP contribution in [0.3, 0.4) is 0 Å². The first kappa shape index (κ1) is 16.1. The van der Waals surface area contributed by atoms with Gasteiger partial charge in [-0.15, -0.1) is 0 Å². The number of benzene rings is 1. The number of amides is 1. The van der Waals surface area contributed by atoms with Crippen LogP contribution in [0.1, 0.15) is 30.3 Å². The van der Waals surface area contributed by atoms with Crippen molar-refractivity contribution in [2.45, 2.75) is 31.8 Å². The number of nitrogens with one attached hydrogen (secondary N) is 2. The summed E-state index contributed by atoms with van der Waals surface area (Å²) in [5, 5.41) is 10.7. The number of aromatic nitrogens is 2. The van der Waals surface area contributed by atoms with Gasteiger partial charge in [0.25, 0.3) is 5.91 Å². The minimum Gasteiger partial charge on any atom is -0.346 e. The van der Waals surface area contributed by atoms with Gasteiger partial charge in [-0.1, -0.05) is 0 Å². The van der Waals surface area contributed by atoms with Gasteiger partial charge in [0.05, 0.1) is 10.2 Å². The standard InChI is InChI=1S/C16H18BrFN4O/c1-10-14(3-2-8-19-10)20-16(23)15-13(17)9-22(21-15)12-6-4-11(18)5-7-12/h4-7,9-10,14,19H,2-3,8H2,1H3,(H,20,23). The molecule has 2 unspecified atom stereocenters. The quantitative estimate of drug-likeness (QED) is 0.860. The van der Waals surface area contributed by atoms with E-state index in [1.807, 2.05) is 0 Å². The molecule has 3 rings (SSSR count). The number of carbonyl (C=O) groups excluding carboxylic acids is 1. The summed E-state index contributed by atoms with van der Waals surface area (Å²) < 4.78 is 15.2. The lowest BCUT2D eigenvalue weighted by atomic mass is 10.00. The van der Waals surface area contributed by atoms with Crippen LogP contribution >= 0.6 is 15.9 Å². The van der Waals surface area contributed by atoms with Gasteiger partial charge in [-0.3, -0.25) is 4.79 Å². The normalized spacial score (nSPS) is 21.2. The molecule has 0 spiro atoms. The van der Waals surface area contributed by atoms with E-state index in [-0.39, 0.29) is 23.8 Å². The van der Waals surface area contributed by atoms with E-state index in [1.165, 1.54) is 12.1 Å². The summed E-state index contributed by atoms with van der Waals surface area (Å²) in [5.74, 6) is -0.519. The maximum absolute atomic E-state index is 13.0. The highest BCUT2D eigenvalue weighted by molar-refractivity contribution is 9.10. The van der Waals surface area contributed by atoms with E-state index in [0.29, 0.717) is 15.9 Å². The first-order valence-electron chi connectivity index (χ1n) is 7.60. The maximum atomic E-state index is 13.0. The van der Waals surface area contributed by atoms with Gasteiger partial charge >= 0.3 is 0 Å². The van der Waals surface area contributed by atoms with Crippen molar-refractivity contribution in [2.75, 3.05) is 6.54 Å². The van der Waals surface area contributed by atoms with Crippen LogP contribution in [-0.2, 0) is 0 Å². The van der Waals surface area contributed by atoms with E-state index in [9.17, 15) is 9.18 Å². The third-order valence-corrected chi connectivity index (χ3v) is 4.63. The number of halogens is 2. The Bertz CT molecular complexity index is 701. The van der Waals surface area contributed by atoms with Gasteiger partial charge in [0.15, 0.2) is 5.69 Å². The van der Waals surface area contributed by atoms with E-state index in [1.54, 1.807) is 23.0 Å². The molecule has 23 heavy (non-hydrogen) atoms. The van der Waals surface area contributed by atoms with E-state index in [0.717, 1.165) is 19.4 Å². The first-order valence-corrected chi connectivity index (χ1v) is 8.39. The van der Waals surface area contributed by atoms with Crippen molar-refractivity contribution in [2.24, 2.45) is 0 Å². The van der Waals surface area contributed by atoms with Crippen molar-refractivity contribution in [1.29, 1.82) is 0 Å². The second-order valence-electron chi connectivity index (χ2n) is 5.71. The summed E-state index contributed by atoms with van der Waals surface area (Å²) in [4.78, 5) is 12.5. The van der Waals surface area contributed by atoms with Crippen LogP contribution in [0.2, 0.25) is 0 Å². The molecule has 7 heteroatoms. The van der Waals surface area contributed by atoms with Crippen LogP contribution in [0.15, 0.2) is 34.9 Å². The topological polar surface area (TPSA) is 58.9 Å². The van der Waals surface area contributed by atoms with Crippen LogP contribution in [-0.4, -0.2) is 34.3 Å². The molecule has 0 saturated carbocycles. The lowest BCUT2D eigenvalue weighted by molar-refractivity contribution is 0.0913. The molecule has 1 aromatic heterocycles. The highest BCUT2D eigenvalue weighted by Gasteiger charge is 2.25. The highest BCUT2D eigenvalue weighted by atomic mass is 79.9. The predicted molar refractivity (Wildman–Crippen MR) is 89.2 cm³/mol. The molecule has 1 aromatic carbocycles. The zero-order chi connectivity index (χ0) is 16.4. The fourth-order valence-corrected chi connectivity index (χ4v) is 3.16. The second kappa shape index (κ2) is 6.80. The van der Waals surface area contributed by atoms with Gasteiger partial charge in [0, 0.05) is 18.3 Å². The lowest BCUT2D eigenvalue weighted by Gasteiger charge is -2.30. The fraction of sp³-hybridized carbons (Fsp3) is 0.375. The van der Waals surface area contributed by atoms with E-state index in [4.69, 9.17) is 0 Å². The molecule has 2 atom stereocenters. The summed E-state index contributed by atoms with van der Waals surface area (Å²) >= 11 is 3.38. The molecule has 0 bridgehead atoms. The molecule has 2 heterocycles. The predicted octanol–water partition coefficient (Wildman–Crippen LogP) is 2.64. The Balaban J connectivity index is 1.77. The molecular weight excluding hydrogens is 363 g/mol. The summed E-state index contributed by atoms with van der Waals surface area (Å²) in [7, 11) is 0. The van der Waals surface area contributed by atoms with Gasteiger partial charge in [0.1, 0.15) is 5.82 Å². The smallest absolute Gasteiger partial charge is 0.273 e. The molecule has 1 aliphatic heterocycles. The van der Waals surface area contributed by atoms with Gasteiger partial charge in [-0.05, 0) is 66.5 Å². The highest BCUT2D eigenvalue weighted by Crippen LogP contribution is 2.19. The van der Waals surface area contributed by atoms with Crippen LogP contribution in [0.4, 0.5) is 4.39 Å². The van der Waals surface area contributed by atoms with Crippen LogP contribution in [0.5, 0.6) is 0 Å². The lowest BCUT2D eigenvalue weighted by Crippen LogP contribution is -2.52. The maximum Gasteiger partial charge on any atom is 0.273 e. The summed E-state index contributed by atoms with van der Waals surface area (Å²) in [6.07, 6.45) is 3.70. The van der Waals surface area contributed by atoms with Crippen molar-refractivity contribution in [3.05, 3.63) is 46.4 Å². The number of carbonyl (C=O) groups is 1. The molecule has 0 aliphatic carbocycles. The number of piperidine rings is 1. The largest absolute Gasteiger partial charge is 0.346 e. The van der Waals surface area contributed by atoms with Crippen molar-refractivity contribution >= 4 is 21.8 Å². The second-order valence-corrected chi connectivity index (χ2v) is 6.57. The Labute approximate surface area is 142 Å². The summed E-state index contributed by atoms with van der Waals surface area (Å²) in [6.45, 7) is 3.05. The average molecular weight is 381 g/mol. The first-order chi connectivity index (χ1) is 11.0. The monoisotopic (exact) mass is 380 g/mol. The average Bonchev–Trinajstić information content (AvgIpc) is 2.92. The van der Waals surface area contributed by atoms with Crippen LogP contribution in [0.25, 0.3) is 5.69 Å². The summed E-state index contributed by atoms with van der Waals surface area (Å²) in [5.41, 5.74) is 1.02. The molecule has 1 aliphatic rings. The Hall–Kier alpha value is -1.73. The number of nitrogens with zero attached hydrogens (tertiary/aromatic N) is 2. The molecule has 122 valence electrons. The Morgan fingerprint density at radius 2 is 2.17 bits per heavy atom. The zero-order valence-corrected chi connectivity index (χ0v) is 14.3. The third-order valence-electron chi connectivity index (χ3n) is 4.05. The minimum absolute atomic E-state index is 0.0964. The van der Waals surface area contributed by atoms with Crippen LogP contribution in [0, 0.1) is 5.82 Å². The van der Waals surface area contributed by atoms with E-state index >= 15 is 0 Å². The minimum atomic E-state index is -0.309. The Kier molecular flexibility index (Phi) is 4.77. The van der Waals surface area contributed by atoms with Gasteiger partial charge in [0.2, 0.25) is 0 Å². The fourth-order valence-electron chi connectivity index (χ4n) is 2.71. The third kappa shape index (κ3) is 3.61. The van der Waals surface area contributed by atoms with E-state index < -0.39 is 0 Å². The molecule has 1 amide bonds. The van der Waals surface area contributed by atoms with Crippen LogP contribution < -0.4 is 10.6 Å². The van der Waals surface area contributed by atoms with E-state index in [2.05, 4.69) is 38.6 Å². The van der Waals surface area contributed by atoms with Crippen molar-refractivity contribution in [3.8, 4) is 5.69 Å². The van der Waals surface area contributed by atoms with Crippen molar-refractivity contribution in [1.82, 2.24) is 20.4 Å². The van der Waals surface area contributed by atoms with Gasteiger partial charge in [-0.2, -0.15) is 5.10 Å². The zero-order valence-electron chi connectivity index (χ0n) is 12.7. The van der Waals surface area contributed by atoms with Gasteiger partial charge in [-0.25, -0.2) is 9.07 Å². The molecule has 5 nitrogen and oxygen atoms in total. The SMILES string of the molecule is CC1NCCCC1NC(=O)c1nn(-c2ccc(F)cc2)cc1Br. The molecule has 1 saturated heterocycles. The Morgan fingerprint density at radius 3 is 2.87 bits per heavy atom. The number of rotatable bonds is 3. The number of hydrogen-bond acceptors (Lipinski definition) is 3. The molecule has 0 radical (unpaired) electrons. The van der Waals surface area contributed by atoms with Crippen molar-refractivity contribution in [3.63, 3.8) is 0 Å². The Morgan fingerprint density at radius 1 is 1.43 bits per heavy atom. The summed E-state index contributed by atoms with van der Waals surface area (Å²) in [6, 6.07) is 6.29. The molecule has 1 fully saturated rings. The van der Waals surface area contributed by atoms with Gasteiger partial charge < -0.3 is 10.6 Å². The molecular formula is C16H18BrFN4O. The van der Waals surface area contributed by atoms with Crippen molar-refractivity contribution < 1.29 is 9.18 Å². The molecule has 2 aromatic rings. The molecule has 2 N–H and O–H groups in total. The number of hydrogen-bond donors (Lipinski definition) is 2.